The molecule has 1 aromatic heterocycles. The fraction of sp³-hybridized carbons (Fsp3) is 0.412. The number of hydrogen-bond acceptors (Lipinski definition) is 4. The first-order valence-electron chi connectivity index (χ1n) is 7.47. The number of nitrogens with zero attached hydrogens (tertiary/aromatic N) is 2. The van der Waals surface area contributed by atoms with Gasteiger partial charge in [-0.3, -0.25) is 4.79 Å². The van der Waals surface area contributed by atoms with Crippen molar-refractivity contribution in [1.82, 2.24) is 15.2 Å². The molecule has 0 aliphatic carbocycles. The standard InChI is InChI=1S/C17H23N3OS/c1-13-5-4-6-14(11-13)17-19-15(12-22-17)7-8-16(21)18-9-10-20(2)3/h4-6,11-12H,7-10H2,1-3H3,(H,18,21). The molecule has 0 unspecified atom stereocenters. The maximum absolute atomic E-state index is 11.8. The van der Waals surface area contributed by atoms with Crippen LogP contribution in [0.5, 0.6) is 0 Å². The van der Waals surface area contributed by atoms with Gasteiger partial charge in [-0.2, -0.15) is 0 Å². The van der Waals surface area contributed by atoms with Gasteiger partial charge in [-0.25, -0.2) is 4.98 Å². The molecule has 0 saturated heterocycles. The molecule has 1 N–H and O–H groups in total. The third-order valence-corrected chi connectivity index (χ3v) is 4.25. The lowest BCUT2D eigenvalue weighted by molar-refractivity contribution is -0.121. The lowest BCUT2D eigenvalue weighted by Crippen LogP contribution is -2.31. The van der Waals surface area contributed by atoms with Gasteiger partial charge in [0.2, 0.25) is 5.91 Å². The van der Waals surface area contributed by atoms with E-state index in [9.17, 15) is 4.79 Å². The normalized spacial score (nSPS) is 10.9. The highest BCUT2D eigenvalue weighted by Gasteiger charge is 2.07. The maximum atomic E-state index is 11.8. The molecule has 0 spiro atoms. The predicted octanol–water partition coefficient (Wildman–Crippen LogP) is 2.73. The Labute approximate surface area is 136 Å². The SMILES string of the molecule is Cc1cccc(-c2nc(CCC(=O)NCCN(C)C)cs2)c1. The Morgan fingerprint density at radius 2 is 2.18 bits per heavy atom. The Balaban J connectivity index is 1.83. The largest absolute Gasteiger partial charge is 0.355 e. The minimum atomic E-state index is 0.0898. The van der Waals surface area contributed by atoms with Gasteiger partial charge in [-0.1, -0.05) is 23.8 Å². The van der Waals surface area contributed by atoms with Crippen molar-refractivity contribution in [3.8, 4) is 10.6 Å². The van der Waals surface area contributed by atoms with E-state index in [0.717, 1.165) is 22.8 Å². The fourth-order valence-corrected chi connectivity index (χ4v) is 2.93. The van der Waals surface area contributed by atoms with Crippen LogP contribution in [0.1, 0.15) is 17.7 Å². The molecule has 1 heterocycles. The van der Waals surface area contributed by atoms with Crippen LogP contribution in [0.25, 0.3) is 10.6 Å². The van der Waals surface area contributed by atoms with E-state index in [4.69, 9.17) is 0 Å². The van der Waals surface area contributed by atoms with Crippen LogP contribution in [0.15, 0.2) is 29.6 Å². The van der Waals surface area contributed by atoms with E-state index in [1.807, 2.05) is 25.5 Å². The van der Waals surface area contributed by atoms with E-state index in [0.29, 0.717) is 19.4 Å². The molecule has 0 fully saturated rings. The number of thiazole rings is 1. The molecule has 5 heteroatoms. The van der Waals surface area contributed by atoms with Crippen LogP contribution in [0.4, 0.5) is 0 Å². The molecule has 0 radical (unpaired) electrons. The van der Waals surface area contributed by atoms with Gasteiger partial charge in [-0.05, 0) is 33.5 Å². The van der Waals surface area contributed by atoms with Crippen molar-refractivity contribution in [2.45, 2.75) is 19.8 Å². The van der Waals surface area contributed by atoms with Crippen LogP contribution >= 0.6 is 11.3 Å². The molecule has 2 aromatic rings. The first-order valence-corrected chi connectivity index (χ1v) is 8.35. The highest BCUT2D eigenvalue weighted by molar-refractivity contribution is 7.13. The summed E-state index contributed by atoms with van der Waals surface area (Å²) >= 11 is 1.64. The van der Waals surface area contributed by atoms with Crippen molar-refractivity contribution in [1.29, 1.82) is 0 Å². The number of rotatable bonds is 7. The number of likely N-dealkylation sites (N-methyl/N-ethyl adjacent to an activating group) is 1. The number of amides is 1. The van der Waals surface area contributed by atoms with E-state index in [1.165, 1.54) is 5.56 Å². The molecular formula is C17H23N3OS. The number of nitrogens with one attached hydrogen (secondary N) is 1. The van der Waals surface area contributed by atoms with E-state index in [-0.39, 0.29) is 5.91 Å². The molecule has 0 aliphatic rings. The molecular weight excluding hydrogens is 294 g/mol. The minimum Gasteiger partial charge on any atom is -0.355 e. The number of carbonyl (C=O) groups excluding carboxylic acids is 1. The molecule has 1 aromatic carbocycles. The average molecular weight is 317 g/mol. The van der Waals surface area contributed by atoms with Crippen LogP contribution in [0, 0.1) is 6.92 Å². The van der Waals surface area contributed by atoms with Crippen LogP contribution in [0.3, 0.4) is 0 Å². The summed E-state index contributed by atoms with van der Waals surface area (Å²) in [4.78, 5) is 18.4. The summed E-state index contributed by atoms with van der Waals surface area (Å²) in [5, 5.41) is 5.99. The maximum Gasteiger partial charge on any atom is 0.220 e. The van der Waals surface area contributed by atoms with Crippen molar-refractivity contribution < 1.29 is 4.79 Å². The van der Waals surface area contributed by atoms with Gasteiger partial charge in [-0.15, -0.1) is 11.3 Å². The zero-order valence-corrected chi connectivity index (χ0v) is 14.2. The Morgan fingerprint density at radius 3 is 2.91 bits per heavy atom. The van der Waals surface area contributed by atoms with Crippen molar-refractivity contribution >= 4 is 17.2 Å². The van der Waals surface area contributed by atoms with Gasteiger partial charge in [0.25, 0.3) is 0 Å². The van der Waals surface area contributed by atoms with Gasteiger partial charge in [0.15, 0.2) is 0 Å². The summed E-state index contributed by atoms with van der Waals surface area (Å²) < 4.78 is 0. The van der Waals surface area contributed by atoms with E-state index < -0.39 is 0 Å². The van der Waals surface area contributed by atoms with Crippen molar-refractivity contribution in [2.24, 2.45) is 0 Å². The third-order valence-electron chi connectivity index (χ3n) is 3.31. The minimum absolute atomic E-state index is 0.0898. The van der Waals surface area contributed by atoms with Crippen molar-refractivity contribution in [2.75, 3.05) is 27.2 Å². The van der Waals surface area contributed by atoms with E-state index in [2.05, 4.69) is 40.3 Å². The smallest absolute Gasteiger partial charge is 0.220 e. The summed E-state index contributed by atoms with van der Waals surface area (Å²) in [6.07, 6.45) is 1.18. The van der Waals surface area contributed by atoms with Gasteiger partial charge < -0.3 is 10.2 Å². The molecule has 0 aliphatic heterocycles. The van der Waals surface area contributed by atoms with Gasteiger partial charge in [0, 0.05) is 30.5 Å². The summed E-state index contributed by atoms with van der Waals surface area (Å²) in [5.41, 5.74) is 3.37. The van der Waals surface area contributed by atoms with Gasteiger partial charge >= 0.3 is 0 Å². The molecule has 118 valence electrons. The third kappa shape index (κ3) is 5.24. The van der Waals surface area contributed by atoms with Crippen molar-refractivity contribution in [3.05, 3.63) is 40.9 Å². The Kier molecular flexibility index (Phi) is 6.10. The summed E-state index contributed by atoms with van der Waals surface area (Å²) in [7, 11) is 3.99. The van der Waals surface area contributed by atoms with Crippen LogP contribution in [-0.4, -0.2) is 43.0 Å². The number of carbonyl (C=O) groups is 1. The average Bonchev–Trinajstić information content (AvgIpc) is 2.93. The molecule has 0 saturated carbocycles. The molecule has 0 bridgehead atoms. The second-order valence-electron chi connectivity index (χ2n) is 5.67. The molecule has 2 rings (SSSR count). The van der Waals surface area contributed by atoms with Crippen LogP contribution < -0.4 is 5.32 Å². The zero-order chi connectivity index (χ0) is 15.9. The molecule has 1 amide bonds. The number of aryl methyl sites for hydroxylation is 2. The highest BCUT2D eigenvalue weighted by atomic mass is 32.1. The quantitative estimate of drug-likeness (QED) is 0.854. The van der Waals surface area contributed by atoms with E-state index >= 15 is 0 Å². The van der Waals surface area contributed by atoms with Crippen LogP contribution in [-0.2, 0) is 11.2 Å². The van der Waals surface area contributed by atoms with Gasteiger partial charge in [0.05, 0.1) is 5.69 Å². The second-order valence-corrected chi connectivity index (χ2v) is 6.52. The second kappa shape index (κ2) is 8.06. The Hall–Kier alpha value is -1.72. The first-order chi connectivity index (χ1) is 10.5. The summed E-state index contributed by atoms with van der Waals surface area (Å²) in [5.74, 6) is 0.0898. The monoisotopic (exact) mass is 317 g/mol. The number of benzene rings is 1. The fourth-order valence-electron chi connectivity index (χ4n) is 2.08. The molecule has 0 atom stereocenters. The van der Waals surface area contributed by atoms with Gasteiger partial charge in [0.1, 0.15) is 5.01 Å². The molecule has 22 heavy (non-hydrogen) atoms. The predicted molar refractivity (Wildman–Crippen MR) is 92.2 cm³/mol. The Morgan fingerprint density at radius 1 is 1.36 bits per heavy atom. The lowest BCUT2D eigenvalue weighted by atomic mass is 10.1. The summed E-state index contributed by atoms with van der Waals surface area (Å²) in [6.45, 7) is 3.63. The Bertz CT molecular complexity index is 622. The van der Waals surface area contributed by atoms with Crippen molar-refractivity contribution in [3.63, 3.8) is 0 Å². The first kappa shape index (κ1) is 16.6. The number of hydrogen-bond donors (Lipinski definition) is 1. The van der Waals surface area contributed by atoms with E-state index in [1.54, 1.807) is 11.3 Å². The highest BCUT2D eigenvalue weighted by Crippen LogP contribution is 2.24. The number of aromatic nitrogens is 1. The topological polar surface area (TPSA) is 45.2 Å². The lowest BCUT2D eigenvalue weighted by Gasteiger charge is -2.09. The summed E-state index contributed by atoms with van der Waals surface area (Å²) in [6, 6.07) is 8.33. The zero-order valence-electron chi connectivity index (χ0n) is 13.4. The van der Waals surface area contributed by atoms with Crippen LogP contribution in [0.2, 0.25) is 0 Å². The molecule has 4 nitrogen and oxygen atoms in total.